The van der Waals surface area contributed by atoms with Crippen LogP contribution in [0, 0.1) is 6.92 Å². The lowest BCUT2D eigenvalue weighted by Gasteiger charge is -2.35. The smallest absolute Gasteiger partial charge is 0.254 e. The third-order valence-electron chi connectivity index (χ3n) is 5.16. The largest absolute Gasteiger partial charge is 0.439 e. The molecule has 0 N–H and O–H groups in total. The lowest BCUT2D eigenvalue weighted by atomic mass is 10.1. The number of ether oxygens (including phenoxy) is 1. The van der Waals surface area contributed by atoms with Crippen molar-refractivity contribution in [3.05, 3.63) is 66.0 Å². The highest BCUT2D eigenvalue weighted by Gasteiger charge is 2.24. The number of hydrogen-bond acceptors (Lipinski definition) is 8. The zero-order chi connectivity index (χ0) is 21.2. The van der Waals surface area contributed by atoms with Gasteiger partial charge in [0.25, 0.3) is 5.91 Å². The first kappa shape index (κ1) is 19.4. The van der Waals surface area contributed by atoms with Crippen molar-refractivity contribution >= 4 is 34.5 Å². The Hall–Kier alpha value is -3.59. The maximum absolute atomic E-state index is 12.9. The Morgan fingerprint density at radius 3 is 2.52 bits per heavy atom. The van der Waals surface area contributed by atoms with Gasteiger partial charge in [0.15, 0.2) is 0 Å². The van der Waals surface area contributed by atoms with E-state index in [-0.39, 0.29) is 5.91 Å². The summed E-state index contributed by atoms with van der Waals surface area (Å²) >= 11 is 1.16. The number of carbonyl (C=O) groups is 1. The number of benzene rings is 2. The van der Waals surface area contributed by atoms with Gasteiger partial charge in [-0.2, -0.15) is 13.7 Å². The molecule has 0 unspecified atom stereocenters. The van der Waals surface area contributed by atoms with Crippen LogP contribution in [0.3, 0.4) is 0 Å². The molecule has 31 heavy (non-hydrogen) atoms. The molecule has 1 aliphatic rings. The fourth-order valence-electron chi connectivity index (χ4n) is 3.59. The van der Waals surface area contributed by atoms with E-state index in [9.17, 15) is 4.79 Å². The normalized spacial score (nSPS) is 14.1. The van der Waals surface area contributed by atoms with Crippen molar-refractivity contribution in [2.24, 2.45) is 0 Å². The van der Waals surface area contributed by atoms with Gasteiger partial charge in [0, 0.05) is 37.8 Å². The van der Waals surface area contributed by atoms with Gasteiger partial charge >= 0.3 is 0 Å². The summed E-state index contributed by atoms with van der Waals surface area (Å²) in [6, 6.07) is 16.9. The highest BCUT2D eigenvalue weighted by atomic mass is 32.1. The number of aryl methyl sites for hydroxylation is 1. The van der Waals surface area contributed by atoms with Crippen LogP contribution in [0.4, 0.5) is 5.82 Å². The molecule has 0 atom stereocenters. The minimum Gasteiger partial charge on any atom is -0.439 e. The molecule has 4 aromatic rings. The Labute approximate surface area is 183 Å². The lowest BCUT2D eigenvalue weighted by Crippen LogP contribution is -2.49. The quantitative estimate of drug-likeness (QED) is 0.488. The summed E-state index contributed by atoms with van der Waals surface area (Å²) in [5, 5.41) is 0. The molecule has 0 aliphatic carbocycles. The van der Waals surface area contributed by atoms with E-state index in [0.29, 0.717) is 43.4 Å². The lowest BCUT2D eigenvalue weighted by molar-refractivity contribution is 0.0746. The third kappa shape index (κ3) is 4.17. The van der Waals surface area contributed by atoms with Gasteiger partial charge in [-0.1, -0.05) is 18.2 Å². The first-order valence-electron chi connectivity index (χ1n) is 10.0. The van der Waals surface area contributed by atoms with E-state index in [2.05, 4.69) is 23.6 Å². The van der Waals surface area contributed by atoms with Gasteiger partial charge in [-0.25, -0.2) is 4.98 Å². The molecule has 5 rings (SSSR count). The molecule has 0 spiro atoms. The summed E-state index contributed by atoms with van der Waals surface area (Å²) in [4.78, 5) is 25.9. The summed E-state index contributed by atoms with van der Waals surface area (Å²) in [6.45, 7) is 4.46. The molecule has 3 heterocycles. The molecule has 2 aromatic carbocycles. The Morgan fingerprint density at radius 1 is 0.935 bits per heavy atom. The van der Waals surface area contributed by atoms with Gasteiger partial charge in [0.05, 0.1) is 11.7 Å². The summed E-state index contributed by atoms with van der Waals surface area (Å²) < 4.78 is 14.3. The van der Waals surface area contributed by atoms with Crippen LogP contribution in [-0.2, 0) is 0 Å². The molecule has 1 amide bonds. The number of hydrogen-bond donors (Lipinski definition) is 0. The SMILES string of the molecule is Cc1nc(Oc2ccccc2)cc(N2CCN(C(=O)c3ccc4nsnc4c3)CC2)n1. The van der Waals surface area contributed by atoms with Crippen molar-refractivity contribution < 1.29 is 9.53 Å². The fourth-order valence-corrected chi connectivity index (χ4v) is 4.10. The monoisotopic (exact) mass is 432 g/mol. The van der Waals surface area contributed by atoms with Crippen LogP contribution in [0.5, 0.6) is 11.6 Å². The van der Waals surface area contributed by atoms with Gasteiger partial charge in [0.1, 0.15) is 28.4 Å². The molecule has 1 fully saturated rings. The molecule has 0 saturated carbocycles. The summed E-state index contributed by atoms with van der Waals surface area (Å²) in [5.41, 5.74) is 2.22. The maximum atomic E-state index is 12.9. The van der Waals surface area contributed by atoms with E-state index < -0.39 is 0 Å². The Bertz CT molecular complexity index is 1220. The van der Waals surface area contributed by atoms with Crippen molar-refractivity contribution in [3.8, 4) is 11.6 Å². The third-order valence-corrected chi connectivity index (χ3v) is 5.71. The van der Waals surface area contributed by atoms with Crippen molar-refractivity contribution in [2.45, 2.75) is 6.92 Å². The minimum atomic E-state index is 0.0153. The van der Waals surface area contributed by atoms with Gasteiger partial charge in [0.2, 0.25) is 5.88 Å². The van der Waals surface area contributed by atoms with E-state index in [0.717, 1.165) is 34.3 Å². The number of piperazine rings is 1. The van der Waals surface area contributed by atoms with Gasteiger partial charge in [-0.15, -0.1) is 0 Å². The van der Waals surface area contributed by atoms with E-state index in [1.165, 1.54) is 0 Å². The van der Waals surface area contributed by atoms with E-state index in [1.807, 2.05) is 66.4 Å². The van der Waals surface area contributed by atoms with Crippen LogP contribution >= 0.6 is 11.7 Å². The topological polar surface area (TPSA) is 84.3 Å². The predicted molar refractivity (Wildman–Crippen MR) is 119 cm³/mol. The second-order valence-corrected chi connectivity index (χ2v) is 7.80. The van der Waals surface area contributed by atoms with Crippen LogP contribution in [0.25, 0.3) is 11.0 Å². The minimum absolute atomic E-state index is 0.0153. The van der Waals surface area contributed by atoms with E-state index in [4.69, 9.17) is 4.74 Å². The number of aromatic nitrogens is 4. The second-order valence-electron chi connectivity index (χ2n) is 7.27. The summed E-state index contributed by atoms with van der Waals surface area (Å²) in [5.74, 6) is 2.71. The fraction of sp³-hybridized carbons (Fsp3) is 0.227. The number of nitrogens with zero attached hydrogens (tertiary/aromatic N) is 6. The number of fused-ring (bicyclic) bond motifs is 1. The number of rotatable bonds is 4. The van der Waals surface area contributed by atoms with Crippen molar-refractivity contribution in [2.75, 3.05) is 31.1 Å². The first-order chi connectivity index (χ1) is 15.2. The molecule has 8 nitrogen and oxygen atoms in total. The molecule has 1 saturated heterocycles. The molecule has 9 heteroatoms. The van der Waals surface area contributed by atoms with Crippen LogP contribution in [0.2, 0.25) is 0 Å². The van der Waals surface area contributed by atoms with Crippen molar-refractivity contribution in [1.82, 2.24) is 23.6 Å². The Kier molecular flexibility index (Phi) is 5.17. The van der Waals surface area contributed by atoms with Crippen LogP contribution in [0.1, 0.15) is 16.2 Å². The number of para-hydroxylation sites is 1. The highest BCUT2D eigenvalue weighted by Crippen LogP contribution is 2.24. The average Bonchev–Trinajstić information content (AvgIpc) is 3.27. The molecular weight excluding hydrogens is 412 g/mol. The zero-order valence-corrected chi connectivity index (χ0v) is 17.7. The van der Waals surface area contributed by atoms with Crippen LogP contribution in [-0.4, -0.2) is 55.7 Å². The standard InChI is InChI=1S/C22H20N6O2S/c1-15-23-20(14-21(24-15)30-17-5-3-2-4-6-17)27-9-11-28(12-10-27)22(29)16-7-8-18-19(13-16)26-31-25-18/h2-8,13-14H,9-12H2,1H3. The molecule has 1 aliphatic heterocycles. The van der Waals surface area contributed by atoms with E-state index in [1.54, 1.807) is 0 Å². The van der Waals surface area contributed by atoms with Gasteiger partial charge < -0.3 is 14.5 Å². The first-order valence-corrected chi connectivity index (χ1v) is 10.7. The molecular formula is C22H20N6O2S. The van der Waals surface area contributed by atoms with Crippen molar-refractivity contribution in [3.63, 3.8) is 0 Å². The molecule has 0 radical (unpaired) electrons. The molecule has 2 aromatic heterocycles. The number of amides is 1. The van der Waals surface area contributed by atoms with Crippen LogP contribution < -0.4 is 9.64 Å². The Morgan fingerprint density at radius 2 is 1.71 bits per heavy atom. The summed E-state index contributed by atoms with van der Waals surface area (Å²) in [7, 11) is 0. The Balaban J connectivity index is 1.27. The summed E-state index contributed by atoms with van der Waals surface area (Å²) in [6.07, 6.45) is 0. The number of carbonyl (C=O) groups excluding carboxylic acids is 1. The second kappa shape index (κ2) is 8.27. The van der Waals surface area contributed by atoms with Gasteiger partial charge in [-0.05, 0) is 37.3 Å². The maximum Gasteiger partial charge on any atom is 0.254 e. The predicted octanol–water partition coefficient (Wildman–Crippen LogP) is 3.54. The zero-order valence-electron chi connectivity index (χ0n) is 16.9. The van der Waals surface area contributed by atoms with Crippen molar-refractivity contribution in [1.29, 1.82) is 0 Å². The highest BCUT2D eigenvalue weighted by molar-refractivity contribution is 7.00. The average molecular weight is 433 g/mol. The van der Waals surface area contributed by atoms with Gasteiger partial charge in [-0.3, -0.25) is 4.79 Å². The van der Waals surface area contributed by atoms with E-state index >= 15 is 0 Å². The molecule has 0 bridgehead atoms. The molecule has 156 valence electrons. The number of anilines is 1. The van der Waals surface area contributed by atoms with Crippen LogP contribution in [0.15, 0.2) is 54.6 Å².